The van der Waals surface area contributed by atoms with Gasteiger partial charge in [-0.15, -0.1) is 0 Å². The van der Waals surface area contributed by atoms with Crippen molar-refractivity contribution in [3.05, 3.63) is 0 Å². The number of likely N-dealkylation sites (tertiary alicyclic amines) is 2. The van der Waals surface area contributed by atoms with Crippen molar-refractivity contribution < 1.29 is 9.53 Å². The first-order valence-corrected chi connectivity index (χ1v) is 6.51. The highest BCUT2D eigenvalue weighted by Gasteiger charge is 2.39. The number of carbonyl (C=O) groups excluding carboxylic acids is 1. The van der Waals surface area contributed by atoms with E-state index in [-0.39, 0.29) is 11.7 Å². The minimum Gasteiger partial charge on any atom is -0.444 e. The van der Waals surface area contributed by atoms with Gasteiger partial charge in [0.2, 0.25) is 0 Å². The summed E-state index contributed by atoms with van der Waals surface area (Å²) in [5, 5.41) is 0. The second kappa shape index (κ2) is 4.48. The van der Waals surface area contributed by atoms with E-state index in [9.17, 15) is 4.79 Å². The van der Waals surface area contributed by atoms with Crippen LogP contribution in [-0.2, 0) is 4.74 Å². The molecule has 0 spiro atoms. The van der Waals surface area contributed by atoms with Crippen molar-refractivity contribution >= 4 is 6.09 Å². The van der Waals surface area contributed by atoms with E-state index in [0.29, 0.717) is 11.8 Å². The molecule has 2 aliphatic rings. The number of hydrogen-bond donors (Lipinski definition) is 0. The summed E-state index contributed by atoms with van der Waals surface area (Å²) in [6.07, 6.45) is 1.06. The normalized spacial score (nSPS) is 30.2. The molecular weight excluding hydrogens is 216 g/mol. The maximum Gasteiger partial charge on any atom is 0.410 e. The molecule has 98 valence electrons. The largest absolute Gasteiger partial charge is 0.444 e. The van der Waals surface area contributed by atoms with Crippen LogP contribution in [0.5, 0.6) is 0 Å². The average molecular weight is 240 g/mol. The first kappa shape index (κ1) is 12.7. The van der Waals surface area contributed by atoms with Gasteiger partial charge in [0.05, 0.1) is 0 Å². The first-order valence-electron chi connectivity index (χ1n) is 6.51. The van der Waals surface area contributed by atoms with E-state index >= 15 is 0 Å². The zero-order chi connectivity index (χ0) is 12.6. The predicted molar refractivity (Wildman–Crippen MR) is 66.9 cm³/mol. The molecule has 2 saturated heterocycles. The molecule has 2 aliphatic heterocycles. The average Bonchev–Trinajstić information content (AvgIpc) is 2.57. The summed E-state index contributed by atoms with van der Waals surface area (Å²) in [4.78, 5) is 16.2. The van der Waals surface area contributed by atoms with Gasteiger partial charge in [0.15, 0.2) is 0 Å². The molecule has 2 fully saturated rings. The molecule has 0 aromatic rings. The molecule has 1 amide bonds. The van der Waals surface area contributed by atoms with E-state index < -0.39 is 0 Å². The molecule has 2 heterocycles. The summed E-state index contributed by atoms with van der Waals surface area (Å²) in [5.74, 6) is 1.32. The van der Waals surface area contributed by atoms with E-state index in [1.54, 1.807) is 0 Å². The van der Waals surface area contributed by atoms with Gasteiger partial charge in [-0.1, -0.05) is 0 Å². The maximum atomic E-state index is 12.0. The number of hydrogen-bond acceptors (Lipinski definition) is 3. The molecule has 0 N–H and O–H groups in total. The van der Waals surface area contributed by atoms with Crippen molar-refractivity contribution in [2.45, 2.75) is 32.8 Å². The smallest absolute Gasteiger partial charge is 0.410 e. The molecule has 4 heteroatoms. The lowest BCUT2D eigenvalue weighted by atomic mass is 9.89. The Morgan fingerprint density at radius 3 is 2.47 bits per heavy atom. The van der Waals surface area contributed by atoms with Crippen LogP contribution in [0.2, 0.25) is 0 Å². The first-order chi connectivity index (χ1) is 7.85. The Morgan fingerprint density at radius 1 is 1.18 bits per heavy atom. The highest BCUT2D eigenvalue weighted by molar-refractivity contribution is 5.68. The Bertz CT molecular complexity index is 298. The lowest BCUT2D eigenvalue weighted by Gasteiger charge is -2.31. The molecule has 4 nitrogen and oxygen atoms in total. The monoisotopic (exact) mass is 240 g/mol. The molecule has 2 atom stereocenters. The SMILES string of the molecule is CN1CCC2CN(C(=O)OC(C)(C)C)CC2C1. The van der Waals surface area contributed by atoms with Gasteiger partial charge in [-0.05, 0) is 52.6 Å². The highest BCUT2D eigenvalue weighted by atomic mass is 16.6. The van der Waals surface area contributed by atoms with Crippen LogP contribution < -0.4 is 0 Å². The van der Waals surface area contributed by atoms with Crippen LogP contribution in [0.1, 0.15) is 27.2 Å². The van der Waals surface area contributed by atoms with E-state index in [1.165, 1.54) is 6.42 Å². The van der Waals surface area contributed by atoms with Crippen LogP contribution in [-0.4, -0.2) is 54.7 Å². The third-order valence-electron chi connectivity index (χ3n) is 3.66. The second-order valence-electron chi connectivity index (χ2n) is 6.46. The number of amides is 1. The van der Waals surface area contributed by atoms with Gasteiger partial charge < -0.3 is 14.5 Å². The van der Waals surface area contributed by atoms with E-state index in [0.717, 1.165) is 26.2 Å². The fourth-order valence-corrected chi connectivity index (χ4v) is 2.83. The standard InChI is InChI=1S/C13H24N2O2/c1-13(2,3)17-12(16)15-8-10-5-6-14(4)7-11(10)9-15/h10-11H,5-9H2,1-4H3. The summed E-state index contributed by atoms with van der Waals surface area (Å²) in [7, 11) is 2.16. The summed E-state index contributed by atoms with van der Waals surface area (Å²) < 4.78 is 5.43. The minimum atomic E-state index is -0.387. The van der Waals surface area contributed by atoms with E-state index in [1.807, 2.05) is 25.7 Å². The quantitative estimate of drug-likeness (QED) is 0.647. The second-order valence-corrected chi connectivity index (χ2v) is 6.46. The Hall–Kier alpha value is -0.770. The van der Waals surface area contributed by atoms with Crippen LogP contribution in [0.25, 0.3) is 0 Å². The molecule has 0 aromatic carbocycles. The fourth-order valence-electron chi connectivity index (χ4n) is 2.83. The summed E-state index contributed by atoms with van der Waals surface area (Å²) in [6.45, 7) is 9.77. The Kier molecular flexibility index (Phi) is 3.34. The van der Waals surface area contributed by atoms with Gasteiger partial charge in [0, 0.05) is 19.6 Å². The van der Waals surface area contributed by atoms with Crippen molar-refractivity contribution in [2.75, 3.05) is 33.2 Å². The van der Waals surface area contributed by atoms with Gasteiger partial charge in [0.25, 0.3) is 0 Å². The number of ether oxygens (including phenoxy) is 1. The van der Waals surface area contributed by atoms with Crippen molar-refractivity contribution in [3.63, 3.8) is 0 Å². The fraction of sp³-hybridized carbons (Fsp3) is 0.923. The van der Waals surface area contributed by atoms with Crippen LogP contribution in [0.4, 0.5) is 4.79 Å². The van der Waals surface area contributed by atoms with Crippen molar-refractivity contribution in [1.29, 1.82) is 0 Å². The molecule has 0 saturated carbocycles. The molecule has 0 aromatic heterocycles. The third-order valence-corrected chi connectivity index (χ3v) is 3.66. The molecule has 17 heavy (non-hydrogen) atoms. The molecule has 0 radical (unpaired) electrons. The van der Waals surface area contributed by atoms with Crippen LogP contribution in [0.15, 0.2) is 0 Å². The van der Waals surface area contributed by atoms with Crippen molar-refractivity contribution in [2.24, 2.45) is 11.8 Å². The third kappa shape index (κ3) is 3.12. The summed E-state index contributed by atoms with van der Waals surface area (Å²) in [6, 6.07) is 0. The number of carbonyl (C=O) groups is 1. The Balaban J connectivity index is 1.91. The van der Waals surface area contributed by atoms with Gasteiger partial charge >= 0.3 is 6.09 Å². The summed E-state index contributed by atoms with van der Waals surface area (Å²) in [5.41, 5.74) is -0.387. The Morgan fingerprint density at radius 2 is 1.82 bits per heavy atom. The number of nitrogens with zero attached hydrogens (tertiary/aromatic N) is 2. The van der Waals surface area contributed by atoms with Gasteiger partial charge in [0.1, 0.15) is 5.60 Å². The molecular formula is C13H24N2O2. The molecule has 2 rings (SSSR count). The maximum absolute atomic E-state index is 12.0. The number of rotatable bonds is 0. The van der Waals surface area contributed by atoms with Crippen molar-refractivity contribution in [3.8, 4) is 0 Å². The summed E-state index contributed by atoms with van der Waals surface area (Å²) >= 11 is 0. The van der Waals surface area contributed by atoms with Crippen LogP contribution >= 0.6 is 0 Å². The number of fused-ring (bicyclic) bond motifs is 1. The zero-order valence-electron chi connectivity index (χ0n) is 11.4. The zero-order valence-corrected chi connectivity index (χ0v) is 11.4. The molecule has 0 bridgehead atoms. The topological polar surface area (TPSA) is 32.8 Å². The van der Waals surface area contributed by atoms with E-state index in [2.05, 4.69) is 11.9 Å². The lowest BCUT2D eigenvalue weighted by molar-refractivity contribution is 0.0284. The van der Waals surface area contributed by atoms with Gasteiger partial charge in [-0.3, -0.25) is 0 Å². The van der Waals surface area contributed by atoms with Crippen molar-refractivity contribution in [1.82, 2.24) is 9.80 Å². The van der Waals surface area contributed by atoms with Gasteiger partial charge in [-0.2, -0.15) is 0 Å². The minimum absolute atomic E-state index is 0.144. The lowest BCUT2D eigenvalue weighted by Crippen LogP contribution is -2.37. The van der Waals surface area contributed by atoms with E-state index in [4.69, 9.17) is 4.74 Å². The number of piperidine rings is 1. The van der Waals surface area contributed by atoms with Crippen LogP contribution in [0.3, 0.4) is 0 Å². The van der Waals surface area contributed by atoms with Crippen LogP contribution in [0, 0.1) is 11.8 Å². The molecule has 0 aliphatic carbocycles. The molecule has 2 unspecified atom stereocenters. The highest BCUT2D eigenvalue weighted by Crippen LogP contribution is 2.31. The predicted octanol–water partition coefficient (Wildman–Crippen LogP) is 1.80. The van der Waals surface area contributed by atoms with Gasteiger partial charge in [-0.25, -0.2) is 4.79 Å². The Labute approximate surface area is 104 Å².